The summed E-state index contributed by atoms with van der Waals surface area (Å²) < 4.78 is 13.5. The van der Waals surface area contributed by atoms with Crippen molar-refractivity contribution in [1.29, 1.82) is 0 Å². The quantitative estimate of drug-likeness (QED) is 0.334. The fourth-order valence-corrected chi connectivity index (χ4v) is 7.19. The number of aromatic hydroxyl groups is 1. The second kappa shape index (κ2) is 8.15. The zero-order chi connectivity index (χ0) is 22.1. The van der Waals surface area contributed by atoms with E-state index in [1.54, 1.807) is 6.07 Å². The molecule has 2 aromatic carbocycles. The summed E-state index contributed by atoms with van der Waals surface area (Å²) >= 11 is 0. The third-order valence-corrected chi connectivity index (χ3v) is 8.74. The maximum Gasteiger partial charge on any atom is 0.174 e. The van der Waals surface area contributed by atoms with Crippen LogP contribution in [0.25, 0.3) is 0 Å². The molecule has 1 N–H and O–H groups in total. The summed E-state index contributed by atoms with van der Waals surface area (Å²) in [6.45, 7) is 1.62. The lowest BCUT2D eigenvalue weighted by atomic mass is 9.51. The van der Waals surface area contributed by atoms with Crippen molar-refractivity contribution in [3.8, 4) is 17.2 Å². The van der Waals surface area contributed by atoms with Crippen molar-refractivity contribution in [3.63, 3.8) is 0 Å². The lowest BCUT2D eigenvalue weighted by Gasteiger charge is -2.59. The van der Waals surface area contributed by atoms with Gasteiger partial charge in [-0.2, -0.15) is 0 Å². The van der Waals surface area contributed by atoms with Crippen molar-refractivity contribution in [2.45, 2.75) is 56.1 Å². The first kappa shape index (κ1) is 23.0. The molecule has 4 atom stereocenters. The summed E-state index contributed by atoms with van der Waals surface area (Å²) in [5.41, 5.74) is 3.27. The summed E-state index contributed by atoms with van der Waals surface area (Å²) in [5.74, 6) is 2.06. The van der Waals surface area contributed by atoms with Crippen molar-refractivity contribution in [2.75, 3.05) is 27.2 Å². The number of piperidine rings is 1. The number of phenolic OH excluding ortho intramolecular Hbond substituents is 1. The van der Waals surface area contributed by atoms with Gasteiger partial charge >= 0.3 is 0 Å². The molecule has 0 unspecified atom stereocenters. The van der Waals surface area contributed by atoms with Crippen molar-refractivity contribution < 1.29 is 47.8 Å². The molecule has 1 saturated carbocycles. The standard InChI is InChI=1S/C27H31NO4.HI/c1-28(2)13-12-27-19-10-11-21(29)26(27)32-25-22(30)16-23(18(24(25)27)15-20(19)28)31-14-6-9-17-7-4-3-5-8-17;/h3-5,7-8,16,19-20,26H,6,9-15H2,1-2H3;1H/t19-,20+,26-,27-;/m0./s1. The number of benzene rings is 2. The van der Waals surface area contributed by atoms with Gasteiger partial charge in [0.2, 0.25) is 0 Å². The fraction of sp³-hybridized carbons (Fsp3) is 0.519. The Morgan fingerprint density at radius 1 is 1.24 bits per heavy atom. The molecule has 6 heteroatoms. The van der Waals surface area contributed by atoms with E-state index in [1.165, 1.54) is 11.1 Å². The van der Waals surface area contributed by atoms with E-state index < -0.39 is 6.10 Å². The molecule has 2 heterocycles. The van der Waals surface area contributed by atoms with Crippen LogP contribution in [0.1, 0.15) is 42.4 Å². The van der Waals surface area contributed by atoms with Crippen molar-refractivity contribution >= 4 is 5.78 Å². The molecular weight excluding hydrogens is 529 g/mol. The second-order valence-electron chi connectivity index (χ2n) is 10.7. The van der Waals surface area contributed by atoms with E-state index in [2.05, 4.69) is 38.4 Å². The number of ether oxygens (including phenoxy) is 2. The number of hydrogen-bond donors (Lipinski definition) is 1. The lowest BCUT2D eigenvalue weighted by Crippen LogP contribution is -3.00. The monoisotopic (exact) mass is 561 g/mol. The van der Waals surface area contributed by atoms with E-state index >= 15 is 0 Å². The van der Waals surface area contributed by atoms with Crippen molar-refractivity contribution in [1.82, 2.24) is 0 Å². The highest BCUT2D eigenvalue weighted by atomic mass is 127. The number of Topliss-reactive ketones (excluding diaryl/α,β-unsaturated/α-hetero) is 1. The van der Waals surface area contributed by atoms with Gasteiger partial charge in [-0.25, -0.2) is 0 Å². The van der Waals surface area contributed by atoms with Gasteiger partial charge in [0.05, 0.1) is 38.7 Å². The zero-order valence-corrected chi connectivity index (χ0v) is 21.5. The van der Waals surface area contributed by atoms with E-state index in [0.717, 1.165) is 54.4 Å². The molecule has 176 valence electrons. The van der Waals surface area contributed by atoms with E-state index in [4.69, 9.17) is 9.47 Å². The van der Waals surface area contributed by atoms with Crippen LogP contribution in [-0.2, 0) is 23.1 Å². The molecule has 1 saturated heterocycles. The van der Waals surface area contributed by atoms with Crippen LogP contribution in [0.5, 0.6) is 17.2 Å². The van der Waals surface area contributed by atoms with Gasteiger partial charge in [-0.05, 0) is 24.8 Å². The number of halogens is 1. The number of phenols is 1. The Kier molecular flexibility index (Phi) is 5.67. The molecule has 6 rings (SSSR count). The normalized spacial score (nSPS) is 30.1. The molecule has 33 heavy (non-hydrogen) atoms. The van der Waals surface area contributed by atoms with Crippen molar-refractivity contribution in [3.05, 3.63) is 53.1 Å². The van der Waals surface area contributed by atoms with E-state index in [9.17, 15) is 9.90 Å². The number of nitrogens with zero attached hydrogens (tertiary/aromatic N) is 1. The van der Waals surface area contributed by atoms with Gasteiger partial charge in [0, 0.05) is 42.4 Å². The van der Waals surface area contributed by atoms with E-state index in [-0.39, 0.29) is 40.9 Å². The Labute approximate surface area is 212 Å². The number of carbonyl (C=O) groups is 1. The first-order valence-corrected chi connectivity index (χ1v) is 12.0. The van der Waals surface area contributed by atoms with Gasteiger partial charge in [-0.1, -0.05) is 30.3 Å². The molecule has 1 spiro atoms. The van der Waals surface area contributed by atoms with Gasteiger partial charge < -0.3 is 43.0 Å². The van der Waals surface area contributed by atoms with E-state index in [1.807, 2.05) is 6.07 Å². The number of hydrogen-bond acceptors (Lipinski definition) is 4. The Balaban J connectivity index is 0.00000228. The molecule has 2 bridgehead atoms. The number of rotatable bonds is 5. The van der Waals surface area contributed by atoms with E-state index in [0.29, 0.717) is 30.7 Å². The maximum atomic E-state index is 13.0. The molecule has 0 radical (unpaired) electrons. The van der Waals surface area contributed by atoms with Gasteiger partial charge in [0.1, 0.15) is 5.75 Å². The van der Waals surface area contributed by atoms with Crippen LogP contribution in [0, 0.1) is 5.92 Å². The molecular formula is C27H32INO4. The Morgan fingerprint density at radius 2 is 2.03 bits per heavy atom. The predicted molar refractivity (Wildman–Crippen MR) is 121 cm³/mol. The molecule has 2 fully saturated rings. The Morgan fingerprint density at radius 3 is 2.82 bits per heavy atom. The second-order valence-corrected chi connectivity index (χ2v) is 10.7. The van der Waals surface area contributed by atoms with Crippen LogP contribution in [0.4, 0.5) is 0 Å². The largest absolute Gasteiger partial charge is 1.00 e. The van der Waals surface area contributed by atoms with Crippen LogP contribution in [-0.4, -0.2) is 54.8 Å². The summed E-state index contributed by atoms with van der Waals surface area (Å²) in [5, 5.41) is 10.9. The SMILES string of the molecule is C[N+]1(C)CC[C@]23c4c5c(OCCCc6ccccc6)cc(O)c4O[C@H]2C(=O)CC[C@H]3[C@H]1C5.[I-]. The molecule has 0 amide bonds. The summed E-state index contributed by atoms with van der Waals surface area (Å²) in [6.07, 6.45) is 4.78. The predicted octanol–water partition coefficient (Wildman–Crippen LogP) is 0.791. The topological polar surface area (TPSA) is 55.8 Å². The van der Waals surface area contributed by atoms with Crippen LogP contribution in [0.15, 0.2) is 36.4 Å². The third kappa shape index (κ3) is 3.31. The minimum absolute atomic E-state index is 0. The average molecular weight is 561 g/mol. The highest BCUT2D eigenvalue weighted by Gasteiger charge is 2.69. The molecule has 2 aliphatic heterocycles. The first-order valence-electron chi connectivity index (χ1n) is 12.0. The first-order chi connectivity index (χ1) is 15.4. The van der Waals surface area contributed by atoms with Gasteiger partial charge in [0.25, 0.3) is 0 Å². The summed E-state index contributed by atoms with van der Waals surface area (Å²) in [6, 6.07) is 12.6. The number of carbonyl (C=O) groups excluding carboxylic acids is 1. The van der Waals surface area contributed by atoms with Gasteiger partial charge in [-0.15, -0.1) is 0 Å². The lowest BCUT2D eigenvalue weighted by molar-refractivity contribution is -0.927. The van der Waals surface area contributed by atoms with Crippen LogP contribution >= 0.6 is 0 Å². The van der Waals surface area contributed by atoms with Crippen LogP contribution in [0.2, 0.25) is 0 Å². The highest BCUT2D eigenvalue weighted by molar-refractivity contribution is 5.89. The van der Waals surface area contributed by atoms with Crippen LogP contribution < -0.4 is 33.5 Å². The number of likely N-dealkylation sites (tertiary alicyclic amines) is 1. The number of aryl methyl sites for hydroxylation is 1. The third-order valence-electron chi connectivity index (χ3n) is 8.74. The minimum Gasteiger partial charge on any atom is -1.00 e. The van der Waals surface area contributed by atoms with Crippen molar-refractivity contribution in [2.24, 2.45) is 5.92 Å². The average Bonchev–Trinajstić information content (AvgIpc) is 3.14. The smallest absolute Gasteiger partial charge is 0.174 e. The molecule has 5 nitrogen and oxygen atoms in total. The molecule has 0 aromatic heterocycles. The minimum atomic E-state index is -0.447. The summed E-state index contributed by atoms with van der Waals surface area (Å²) in [7, 11) is 4.65. The number of ketones is 1. The molecule has 2 aromatic rings. The maximum absolute atomic E-state index is 13.0. The molecule has 4 aliphatic rings. The number of quaternary nitrogens is 1. The molecule has 2 aliphatic carbocycles. The summed E-state index contributed by atoms with van der Waals surface area (Å²) in [4.78, 5) is 13.0. The zero-order valence-electron chi connectivity index (χ0n) is 19.4. The Hall–Kier alpha value is -1.80. The Bertz CT molecular complexity index is 1090. The van der Waals surface area contributed by atoms with Gasteiger partial charge in [-0.3, -0.25) is 4.79 Å². The number of likely N-dealkylation sites (N-methyl/N-ethyl adjacent to an activating group) is 1. The van der Waals surface area contributed by atoms with Gasteiger partial charge in [0.15, 0.2) is 23.4 Å². The van der Waals surface area contributed by atoms with Crippen LogP contribution in [0.3, 0.4) is 0 Å². The fourth-order valence-electron chi connectivity index (χ4n) is 7.19. The highest BCUT2D eigenvalue weighted by Crippen LogP contribution is 2.65.